The van der Waals surface area contributed by atoms with Crippen LogP contribution in [-0.4, -0.2) is 33.8 Å². The molecular formula is C24H22F2N2O. The van der Waals surface area contributed by atoms with Gasteiger partial charge in [0.2, 0.25) is 0 Å². The van der Waals surface area contributed by atoms with E-state index < -0.39 is 6.10 Å². The predicted molar refractivity (Wildman–Crippen MR) is 111 cm³/mol. The number of benzene rings is 3. The van der Waals surface area contributed by atoms with E-state index in [2.05, 4.69) is 21.6 Å². The molecule has 0 spiro atoms. The first kappa shape index (κ1) is 18.3. The van der Waals surface area contributed by atoms with Gasteiger partial charge in [0.15, 0.2) is 0 Å². The lowest BCUT2D eigenvalue weighted by Gasteiger charge is -2.37. The van der Waals surface area contributed by atoms with E-state index in [1.54, 1.807) is 12.1 Å². The molecule has 4 aromatic rings. The van der Waals surface area contributed by atoms with Gasteiger partial charge < -0.3 is 9.67 Å². The zero-order valence-electron chi connectivity index (χ0n) is 15.9. The Bertz CT molecular complexity index is 1110. The fourth-order valence-electron chi connectivity index (χ4n) is 4.63. The highest BCUT2D eigenvalue weighted by molar-refractivity contribution is 6.08. The number of nitrogens with zero attached hydrogens (tertiary/aromatic N) is 2. The smallest absolute Gasteiger partial charge is 0.123 e. The third-order valence-electron chi connectivity index (χ3n) is 5.94. The normalized spacial score (nSPS) is 20.5. The van der Waals surface area contributed by atoms with Gasteiger partial charge in [0, 0.05) is 41.4 Å². The van der Waals surface area contributed by atoms with E-state index in [0.29, 0.717) is 17.3 Å². The van der Waals surface area contributed by atoms with Crippen molar-refractivity contribution in [1.82, 2.24) is 9.47 Å². The van der Waals surface area contributed by atoms with Crippen LogP contribution in [0.25, 0.3) is 21.8 Å². The van der Waals surface area contributed by atoms with Crippen LogP contribution in [0, 0.1) is 11.6 Å². The second kappa shape index (κ2) is 7.25. The minimum absolute atomic E-state index is 0.141. The summed E-state index contributed by atoms with van der Waals surface area (Å²) in [6, 6.07) is 19.3. The molecule has 1 saturated heterocycles. The van der Waals surface area contributed by atoms with Crippen molar-refractivity contribution in [1.29, 1.82) is 0 Å². The van der Waals surface area contributed by atoms with Crippen molar-refractivity contribution in [2.24, 2.45) is 0 Å². The summed E-state index contributed by atoms with van der Waals surface area (Å²) in [5.41, 5.74) is 2.88. The molecule has 1 N–H and O–H groups in total. The number of hydrogen-bond acceptors (Lipinski definition) is 2. The Kier molecular flexibility index (Phi) is 4.57. The lowest BCUT2D eigenvalue weighted by Crippen LogP contribution is -2.44. The SMILES string of the molecule is OC1CN(Cc2ccccc2)CCC1n1c2ccc(F)cc2c2cc(F)ccc21. The van der Waals surface area contributed by atoms with E-state index in [-0.39, 0.29) is 17.7 Å². The molecule has 0 bridgehead atoms. The molecule has 1 aromatic heterocycles. The molecule has 0 aliphatic carbocycles. The van der Waals surface area contributed by atoms with Gasteiger partial charge in [-0.1, -0.05) is 30.3 Å². The van der Waals surface area contributed by atoms with Crippen molar-refractivity contribution in [3.8, 4) is 0 Å². The first-order valence-corrected chi connectivity index (χ1v) is 9.93. The monoisotopic (exact) mass is 392 g/mol. The Morgan fingerprint density at radius 3 is 2.07 bits per heavy atom. The third kappa shape index (κ3) is 3.30. The molecule has 2 atom stereocenters. The molecule has 1 fully saturated rings. The number of β-amino-alcohol motifs (C(OH)–C–C–N with tert-alkyl or cyclic N) is 1. The number of piperidine rings is 1. The van der Waals surface area contributed by atoms with Gasteiger partial charge in [0.05, 0.1) is 12.1 Å². The maximum atomic E-state index is 13.9. The van der Waals surface area contributed by atoms with Gasteiger partial charge >= 0.3 is 0 Å². The van der Waals surface area contributed by atoms with Crippen molar-refractivity contribution in [3.63, 3.8) is 0 Å². The Balaban J connectivity index is 1.51. The van der Waals surface area contributed by atoms with Gasteiger partial charge in [-0.05, 0) is 48.4 Å². The lowest BCUT2D eigenvalue weighted by molar-refractivity contribution is 0.0269. The molecule has 2 unspecified atom stereocenters. The molecule has 1 aliphatic heterocycles. The van der Waals surface area contributed by atoms with Crippen LogP contribution in [0.2, 0.25) is 0 Å². The zero-order chi connectivity index (χ0) is 20.0. The molecule has 0 saturated carbocycles. The number of halogens is 2. The fraction of sp³-hybridized carbons (Fsp3) is 0.250. The Morgan fingerprint density at radius 1 is 0.862 bits per heavy atom. The summed E-state index contributed by atoms with van der Waals surface area (Å²) in [5.74, 6) is -0.696. The maximum absolute atomic E-state index is 13.9. The first-order chi connectivity index (χ1) is 14.1. The molecule has 1 aliphatic rings. The van der Waals surface area contributed by atoms with Crippen molar-refractivity contribution in [2.45, 2.75) is 25.1 Å². The van der Waals surface area contributed by atoms with Crippen LogP contribution in [0.15, 0.2) is 66.7 Å². The standard InChI is InChI=1S/C24H22F2N2O/c25-17-6-8-21-19(12-17)20-13-18(26)7-9-22(20)28(21)23-10-11-27(15-24(23)29)14-16-4-2-1-3-5-16/h1-9,12-13,23-24,29H,10-11,14-15H2. The van der Waals surface area contributed by atoms with Gasteiger partial charge in [0.1, 0.15) is 11.6 Å². The number of hydrogen-bond donors (Lipinski definition) is 1. The minimum atomic E-state index is -0.568. The summed E-state index contributed by atoms with van der Waals surface area (Å²) in [7, 11) is 0. The Hall–Kier alpha value is -2.76. The van der Waals surface area contributed by atoms with Crippen molar-refractivity contribution >= 4 is 21.8 Å². The highest BCUT2D eigenvalue weighted by atomic mass is 19.1. The van der Waals surface area contributed by atoms with E-state index in [4.69, 9.17) is 0 Å². The molecule has 29 heavy (non-hydrogen) atoms. The van der Waals surface area contributed by atoms with E-state index in [9.17, 15) is 13.9 Å². The van der Waals surface area contributed by atoms with Crippen molar-refractivity contribution in [3.05, 3.63) is 83.9 Å². The van der Waals surface area contributed by atoms with Crippen LogP contribution in [0.4, 0.5) is 8.78 Å². The Labute approximate surface area is 167 Å². The summed E-state index contributed by atoms with van der Waals surface area (Å²) in [6.07, 6.45) is 0.197. The van der Waals surface area contributed by atoms with Crippen LogP contribution < -0.4 is 0 Å². The topological polar surface area (TPSA) is 28.4 Å². The van der Waals surface area contributed by atoms with Gasteiger partial charge in [-0.3, -0.25) is 4.90 Å². The lowest BCUT2D eigenvalue weighted by atomic mass is 10.0. The van der Waals surface area contributed by atoms with Gasteiger partial charge in [-0.25, -0.2) is 8.78 Å². The van der Waals surface area contributed by atoms with E-state index in [1.165, 1.54) is 29.8 Å². The summed E-state index contributed by atoms with van der Waals surface area (Å²) < 4.78 is 29.8. The second-order valence-corrected chi connectivity index (χ2v) is 7.84. The van der Waals surface area contributed by atoms with E-state index >= 15 is 0 Å². The summed E-state index contributed by atoms with van der Waals surface area (Å²) in [4.78, 5) is 2.25. The molecule has 148 valence electrons. The van der Waals surface area contributed by atoms with Crippen LogP contribution in [0.1, 0.15) is 18.0 Å². The minimum Gasteiger partial charge on any atom is -0.390 e. The van der Waals surface area contributed by atoms with Gasteiger partial charge in [0.25, 0.3) is 0 Å². The number of likely N-dealkylation sites (tertiary alicyclic amines) is 1. The number of rotatable bonds is 3. The van der Waals surface area contributed by atoms with Crippen molar-refractivity contribution in [2.75, 3.05) is 13.1 Å². The molecule has 0 radical (unpaired) electrons. The number of fused-ring (bicyclic) bond motifs is 3. The molecular weight excluding hydrogens is 370 g/mol. The average molecular weight is 392 g/mol. The van der Waals surface area contributed by atoms with E-state index in [0.717, 1.165) is 30.5 Å². The number of aliphatic hydroxyl groups excluding tert-OH is 1. The first-order valence-electron chi connectivity index (χ1n) is 9.93. The maximum Gasteiger partial charge on any atom is 0.123 e. The van der Waals surface area contributed by atoms with Gasteiger partial charge in [-0.15, -0.1) is 0 Å². The quantitative estimate of drug-likeness (QED) is 0.538. The van der Waals surface area contributed by atoms with Crippen LogP contribution >= 0.6 is 0 Å². The molecule has 0 amide bonds. The predicted octanol–water partition coefficient (Wildman–Crippen LogP) is 4.88. The second-order valence-electron chi connectivity index (χ2n) is 7.84. The zero-order valence-corrected chi connectivity index (χ0v) is 15.9. The summed E-state index contributed by atoms with van der Waals surface area (Å²) in [5, 5.41) is 12.4. The van der Waals surface area contributed by atoms with Crippen molar-refractivity contribution < 1.29 is 13.9 Å². The Morgan fingerprint density at radius 2 is 1.48 bits per heavy atom. The average Bonchev–Trinajstić information content (AvgIpc) is 3.02. The largest absolute Gasteiger partial charge is 0.390 e. The molecule has 3 aromatic carbocycles. The summed E-state index contributed by atoms with van der Waals surface area (Å²) in [6.45, 7) is 2.21. The van der Waals surface area contributed by atoms with Crippen LogP contribution in [0.5, 0.6) is 0 Å². The number of aliphatic hydroxyl groups is 1. The van der Waals surface area contributed by atoms with Crippen LogP contribution in [-0.2, 0) is 6.54 Å². The highest BCUT2D eigenvalue weighted by Gasteiger charge is 2.31. The van der Waals surface area contributed by atoms with Crippen LogP contribution in [0.3, 0.4) is 0 Å². The molecule has 2 heterocycles. The molecule has 5 rings (SSSR count). The third-order valence-corrected chi connectivity index (χ3v) is 5.94. The molecule has 5 heteroatoms. The fourth-order valence-corrected chi connectivity index (χ4v) is 4.63. The number of aromatic nitrogens is 1. The van der Waals surface area contributed by atoms with Gasteiger partial charge in [-0.2, -0.15) is 0 Å². The summed E-state index contributed by atoms with van der Waals surface area (Å²) >= 11 is 0. The molecule has 3 nitrogen and oxygen atoms in total. The van der Waals surface area contributed by atoms with E-state index in [1.807, 2.05) is 18.2 Å². The highest BCUT2D eigenvalue weighted by Crippen LogP contribution is 2.36.